The Kier molecular flexibility index (Phi) is 6.15. The summed E-state index contributed by atoms with van der Waals surface area (Å²) in [6.07, 6.45) is 15.1. The smallest absolute Gasteiger partial charge is 0.164 e. The average molecular weight is 316 g/mol. The highest BCUT2D eigenvalue weighted by Crippen LogP contribution is 2.43. The molecule has 0 N–H and O–H groups in total. The number of rotatable bonds is 5. The first-order valence-electron chi connectivity index (χ1n) is 8.99. The van der Waals surface area contributed by atoms with Crippen molar-refractivity contribution < 1.29 is 9.47 Å². The molecular formula is C21H32O2. The molecule has 2 aliphatic carbocycles. The minimum absolute atomic E-state index is 0.458. The Labute approximate surface area is 141 Å². The third kappa shape index (κ3) is 4.76. The van der Waals surface area contributed by atoms with Gasteiger partial charge in [0.15, 0.2) is 5.76 Å². The molecule has 1 fully saturated rings. The van der Waals surface area contributed by atoms with Gasteiger partial charge in [0.25, 0.3) is 0 Å². The van der Waals surface area contributed by atoms with E-state index in [-0.39, 0.29) is 0 Å². The summed E-state index contributed by atoms with van der Waals surface area (Å²) in [5.41, 5.74) is 3.22. The first kappa shape index (κ1) is 17.9. The van der Waals surface area contributed by atoms with E-state index in [1.54, 1.807) is 7.11 Å². The lowest BCUT2D eigenvalue weighted by atomic mass is 9.69. The number of allylic oxidation sites excluding steroid dienone is 5. The number of ether oxygens (including phenoxy) is 2. The molecule has 2 heteroatoms. The fourth-order valence-electron chi connectivity index (χ4n) is 3.58. The van der Waals surface area contributed by atoms with Crippen molar-refractivity contribution >= 4 is 0 Å². The molecule has 0 amide bonds. The van der Waals surface area contributed by atoms with Gasteiger partial charge in [-0.1, -0.05) is 39.8 Å². The normalized spacial score (nSPS) is 27.6. The highest BCUT2D eigenvalue weighted by atomic mass is 16.5. The first-order chi connectivity index (χ1) is 11.0. The fourth-order valence-corrected chi connectivity index (χ4v) is 3.58. The molecular weight excluding hydrogens is 284 g/mol. The molecule has 0 spiro atoms. The van der Waals surface area contributed by atoms with Gasteiger partial charge < -0.3 is 9.47 Å². The molecule has 2 rings (SSSR count). The van der Waals surface area contributed by atoms with E-state index >= 15 is 0 Å². The zero-order valence-corrected chi connectivity index (χ0v) is 15.4. The molecule has 2 aliphatic rings. The standard InChI is InChI=1S/C21H32O2/c1-6-8-16-9-10-19(20(13-16)22-5)23-15-18-11-12-21(3,4)14-17(18)7-2/h8-10,15,17H,6-7,11-14H2,1-5H3. The van der Waals surface area contributed by atoms with Gasteiger partial charge in [0.2, 0.25) is 0 Å². The molecule has 0 aromatic heterocycles. The van der Waals surface area contributed by atoms with Crippen molar-refractivity contribution in [1.82, 2.24) is 0 Å². The van der Waals surface area contributed by atoms with Crippen LogP contribution in [-0.4, -0.2) is 7.11 Å². The molecule has 0 saturated heterocycles. The minimum atomic E-state index is 0.458. The summed E-state index contributed by atoms with van der Waals surface area (Å²) in [5, 5.41) is 0. The first-order valence-corrected chi connectivity index (χ1v) is 8.99. The van der Waals surface area contributed by atoms with Gasteiger partial charge in [0.05, 0.1) is 13.4 Å². The van der Waals surface area contributed by atoms with E-state index in [0.29, 0.717) is 11.3 Å². The molecule has 0 radical (unpaired) electrons. The maximum Gasteiger partial charge on any atom is 0.164 e. The minimum Gasteiger partial charge on any atom is -0.497 e. The van der Waals surface area contributed by atoms with E-state index < -0.39 is 0 Å². The van der Waals surface area contributed by atoms with Crippen LogP contribution < -0.4 is 0 Å². The molecule has 128 valence electrons. The van der Waals surface area contributed by atoms with Crippen molar-refractivity contribution in [2.45, 2.75) is 66.2 Å². The van der Waals surface area contributed by atoms with Crippen molar-refractivity contribution in [1.29, 1.82) is 0 Å². The Balaban J connectivity index is 2.09. The summed E-state index contributed by atoms with van der Waals surface area (Å²) in [6.45, 7) is 9.19. The molecule has 1 saturated carbocycles. The van der Waals surface area contributed by atoms with Gasteiger partial charge in [0.1, 0.15) is 5.76 Å². The second kappa shape index (κ2) is 7.90. The van der Waals surface area contributed by atoms with Crippen LogP contribution >= 0.6 is 0 Å². The molecule has 1 atom stereocenters. The van der Waals surface area contributed by atoms with Crippen LogP contribution in [0.1, 0.15) is 66.2 Å². The molecule has 0 heterocycles. The summed E-state index contributed by atoms with van der Waals surface area (Å²) >= 11 is 0. The maximum atomic E-state index is 6.03. The Morgan fingerprint density at radius 3 is 2.70 bits per heavy atom. The molecule has 0 aromatic carbocycles. The van der Waals surface area contributed by atoms with E-state index in [0.717, 1.165) is 30.8 Å². The summed E-state index contributed by atoms with van der Waals surface area (Å²) < 4.78 is 11.6. The summed E-state index contributed by atoms with van der Waals surface area (Å²) in [7, 11) is 1.73. The summed E-state index contributed by atoms with van der Waals surface area (Å²) in [6, 6.07) is 0. The average Bonchev–Trinajstić information content (AvgIpc) is 2.54. The van der Waals surface area contributed by atoms with Crippen LogP contribution in [0.15, 0.2) is 47.2 Å². The van der Waals surface area contributed by atoms with Crippen LogP contribution in [0.5, 0.6) is 0 Å². The Hall–Kier alpha value is -1.44. The molecule has 0 bridgehead atoms. The Morgan fingerprint density at radius 1 is 1.26 bits per heavy atom. The van der Waals surface area contributed by atoms with E-state index in [1.165, 1.54) is 30.4 Å². The number of methoxy groups -OCH3 is 1. The lowest BCUT2D eigenvalue weighted by Crippen LogP contribution is -2.24. The van der Waals surface area contributed by atoms with Crippen molar-refractivity contribution in [2.24, 2.45) is 11.3 Å². The van der Waals surface area contributed by atoms with Crippen LogP contribution in [0.3, 0.4) is 0 Å². The van der Waals surface area contributed by atoms with Crippen molar-refractivity contribution in [3.05, 3.63) is 47.2 Å². The van der Waals surface area contributed by atoms with Gasteiger partial charge in [-0.3, -0.25) is 0 Å². The number of hydrogen-bond donors (Lipinski definition) is 0. The zero-order valence-electron chi connectivity index (χ0n) is 15.4. The second-order valence-corrected chi connectivity index (χ2v) is 7.47. The van der Waals surface area contributed by atoms with Crippen LogP contribution in [0, 0.1) is 11.3 Å². The molecule has 23 heavy (non-hydrogen) atoms. The second-order valence-electron chi connectivity index (χ2n) is 7.47. The van der Waals surface area contributed by atoms with Gasteiger partial charge in [-0.2, -0.15) is 0 Å². The van der Waals surface area contributed by atoms with Gasteiger partial charge in [-0.25, -0.2) is 0 Å². The third-order valence-corrected chi connectivity index (χ3v) is 5.04. The van der Waals surface area contributed by atoms with Crippen LogP contribution in [0.4, 0.5) is 0 Å². The predicted molar refractivity (Wildman–Crippen MR) is 96.7 cm³/mol. The third-order valence-electron chi connectivity index (χ3n) is 5.04. The molecule has 2 nitrogen and oxygen atoms in total. The van der Waals surface area contributed by atoms with Crippen molar-refractivity contribution in [3.63, 3.8) is 0 Å². The molecule has 1 unspecified atom stereocenters. The monoisotopic (exact) mass is 316 g/mol. The number of hydrogen-bond acceptors (Lipinski definition) is 2. The van der Waals surface area contributed by atoms with Crippen molar-refractivity contribution in [2.75, 3.05) is 7.11 Å². The van der Waals surface area contributed by atoms with Gasteiger partial charge >= 0.3 is 0 Å². The molecule has 0 aromatic rings. The van der Waals surface area contributed by atoms with Crippen LogP contribution in [-0.2, 0) is 9.47 Å². The van der Waals surface area contributed by atoms with E-state index in [4.69, 9.17) is 9.47 Å². The Morgan fingerprint density at radius 2 is 2.04 bits per heavy atom. The maximum absolute atomic E-state index is 6.03. The van der Waals surface area contributed by atoms with Crippen molar-refractivity contribution in [3.8, 4) is 0 Å². The SMILES string of the molecule is CCC=C1C=CC(OC=C2CCC(C)(C)CC2CC)=C(OC)C1. The predicted octanol–water partition coefficient (Wildman–Crippen LogP) is 6.28. The van der Waals surface area contributed by atoms with E-state index in [9.17, 15) is 0 Å². The lowest BCUT2D eigenvalue weighted by Gasteiger charge is -2.36. The topological polar surface area (TPSA) is 18.5 Å². The van der Waals surface area contributed by atoms with E-state index in [2.05, 4.69) is 39.8 Å². The van der Waals surface area contributed by atoms with E-state index in [1.807, 2.05) is 12.3 Å². The fraction of sp³-hybridized carbons (Fsp3) is 0.619. The summed E-state index contributed by atoms with van der Waals surface area (Å²) in [4.78, 5) is 0. The zero-order chi connectivity index (χ0) is 16.9. The van der Waals surface area contributed by atoms with Crippen LogP contribution in [0.25, 0.3) is 0 Å². The summed E-state index contributed by atoms with van der Waals surface area (Å²) in [5.74, 6) is 2.43. The van der Waals surface area contributed by atoms with Gasteiger partial charge in [-0.15, -0.1) is 0 Å². The van der Waals surface area contributed by atoms with Gasteiger partial charge in [-0.05, 0) is 60.7 Å². The molecule has 0 aliphatic heterocycles. The lowest BCUT2D eigenvalue weighted by molar-refractivity contribution is 0.209. The largest absolute Gasteiger partial charge is 0.497 e. The highest BCUT2D eigenvalue weighted by molar-refractivity contribution is 5.36. The highest BCUT2D eigenvalue weighted by Gasteiger charge is 2.30. The quantitative estimate of drug-likeness (QED) is 0.556. The Bertz CT molecular complexity index is 532. The van der Waals surface area contributed by atoms with Crippen LogP contribution in [0.2, 0.25) is 0 Å². The van der Waals surface area contributed by atoms with Gasteiger partial charge in [0, 0.05) is 6.42 Å².